The molecule has 18 heavy (non-hydrogen) atoms. The van der Waals surface area contributed by atoms with Gasteiger partial charge in [0.1, 0.15) is 0 Å². The number of hydrogen-bond donors (Lipinski definition) is 1. The van der Waals surface area contributed by atoms with Gasteiger partial charge in [-0.05, 0) is 49.1 Å². The minimum absolute atomic E-state index is 0.595. The molecule has 0 spiro atoms. The van der Waals surface area contributed by atoms with Gasteiger partial charge in [-0.15, -0.1) is 23.1 Å². The van der Waals surface area contributed by atoms with Gasteiger partial charge < -0.3 is 5.32 Å². The SMILES string of the molecule is C[C@H](NC1C[C@H](C)Sc2sccc21)C1CCCC1. The first kappa shape index (κ1) is 13.0. The Morgan fingerprint density at radius 2 is 2.11 bits per heavy atom. The Balaban J connectivity index is 1.69. The Morgan fingerprint density at radius 3 is 2.89 bits per heavy atom. The molecule has 1 aliphatic heterocycles. The number of rotatable bonds is 3. The first-order valence-corrected chi connectivity index (χ1v) is 9.00. The second-order valence-electron chi connectivity index (χ2n) is 5.88. The molecule has 1 aromatic heterocycles. The van der Waals surface area contributed by atoms with Crippen molar-refractivity contribution >= 4 is 23.1 Å². The molecule has 0 amide bonds. The Hall–Kier alpha value is 0.0100. The van der Waals surface area contributed by atoms with Crippen LogP contribution in [0.15, 0.2) is 15.7 Å². The van der Waals surface area contributed by atoms with Crippen LogP contribution in [0, 0.1) is 5.92 Å². The number of hydrogen-bond acceptors (Lipinski definition) is 3. The molecule has 1 N–H and O–H groups in total. The van der Waals surface area contributed by atoms with E-state index in [1.807, 2.05) is 11.3 Å². The average molecular weight is 281 g/mol. The lowest BCUT2D eigenvalue weighted by atomic mass is 9.96. The lowest BCUT2D eigenvalue weighted by Gasteiger charge is -2.32. The molecule has 3 heteroatoms. The summed E-state index contributed by atoms with van der Waals surface area (Å²) in [6, 6.07) is 3.61. The molecule has 0 aromatic carbocycles. The average Bonchev–Trinajstić information content (AvgIpc) is 2.98. The molecule has 1 aliphatic carbocycles. The van der Waals surface area contributed by atoms with Crippen LogP contribution in [0.5, 0.6) is 0 Å². The molecule has 1 aromatic rings. The maximum absolute atomic E-state index is 3.93. The van der Waals surface area contributed by atoms with Crippen LogP contribution in [0.3, 0.4) is 0 Å². The third-order valence-electron chi connectivity index (χ3n) is 4.48. The van der Waals surface area contributed by atoms with Crippen molar-refractivity contribution in [1.29, 1.82) is 0 Å². The maximum atomic E-state index is 3.93. The Kier molecular flexibility index (Phi) is 4.02. The van der Waals surface area contributed by atoms with Crippen molar-refractivity contribution in [3.63, 3.8) is 0 Å². The van der Waals surface area contributed by atoms with E-state index in [1.165, 1.54) is 32.1 Å². The number of thiophene rings is 1. The summed E-state index contributed by atoms with van der Waals surface area (Å²) in [4.78, 5) is 0. The highest BCUT2D eigenvalue weighted by Crippen LogP contribution is 2.44. The van der Waals surface area contributed by atoms with Crippen molar-refractivity contribution in [3.8, 4) is 0 Å². The van der Waals surface area contributed by atoms with E-state index in [2.05, 4.69) is 42.4 Å². The van der Waals surface area contributed by atoms with E-state index in [9.17, 15) is 0 Å². The summed E-state index contributed by atoms with van der Waals surface area (Å²) in [5.74, 6) is 0.914. The van der Waals surface area contributed by atoms with Crippen molar-refractivity contribution in [1.82, 2.24) is 5.32 Å². The lowest BCUT2D eigenvalue weighted by Crippen LogP contribution is -2.37. The topological polar surface area (TPSA) is 12.0 Å². The van der Waals surface area contributed by atoms with E-state index in [-0.39, 0.29) is 0 Å². The third kappa shape index (κ3) is 2.63. The zero-order valence-electron chi connectivity index (χ0n) is 11.3. The highest BCUT2D eigenvalue weighted by Gasteiger charge is 2.29. The van der Waals surface area contributed by atoms with Crippen molar-refractivity contribution in [3.05, 3.63) is 17.0 Å². The Morgan fingerprint density at radius 1 is 1.33 bits per heavy atom. The standard InChI is InChI=1S/C15H23NS2/c1-10-9-14(13-7-8-17-15(13)18-10)16-11(2)12-5-3-4-6-12/h7-8,10-12,14,16H,3-6,9H2,1-2H3/t10-,11-,14?/m0/s1. The summed E-state index contributed by atoms with van der Waals surface area (Å²) in [7, 11) is 0. The van der Waals surface area contributed by atoms with Crippen LogP contribution in [0.1, 0.15) is 57.6 Å². The predicted molar refractivity (Wildman–Crippen MR) is 81.6 cm³/mol. The van der Waals surface area contributed by atoms with Gasteiger partial charge in [0.05, 0.1) is 4.21 Å². The number of nitrogens with one attached hydrogen (secondary N) is 1. The summed E-state index contributed by atoms with van der Waals surface area (Å²) in [5, 5.41) is 6.94. The number of fused-ring (bicyclic) bond motifs is 1. The zero-order chi connectivity index (χ0) is 12.5. The quantitative estimate of drug-likeness (QED) is 0.850. The first-order chi connectivity index (χ1) is 8.74. The summed E-state index contributed by atoms with van der Waals surface area (Å²) in [6.45, 7) is 4.76. The van der Waals surface area contributed by atoms with Crippen LogP contribution in [-0.2, 0) is 0 Å². The predicted octanol–water partition coefficient (Wildman–Crippen LogP) is 4.84. The highest BCUT2D eigenvalue weighted by atomic mass is 32.2. The van der Waals surface area contributed by atoms with Crippen LogP contribution in [0.25, 0.3) is 0 Å². The second kappa shape index (κ2) is 5.56. The monoisotopic (exact) mass is 281 g/mol. The van der Waals surface area contributed by atoms with Gasteiger partial charge in [-0.3, -0.25) is 0 Å². The molecule has 2 aliphatic rings. The fourth-order valence-corrected chi connectivity index (χ4v) is 5.98. The van der Waals surface area contributed by atoms with Crippen molar-refractivity contribution < 1.29 is 0 Å². The fraction of sp³-hybridized carbons (Fsp3) is 0.733. The maximum Gasteiger partial charge on any atom is 0.0649 e. The molecule has 100 valence electrons. The van der Waals surface area contributed by atoms with E-state index in [1.54, 1.807) is 9.77 Å². The molecule has 3 atom stereocenters. The van der Waals surface area contributed by atoms with Gasteiger partial charge in [0.2, 0.25) is 0 Å². The highest BCUT2D eigenvalue weighted by molar-refractivity contribution is 8.01. The minimum Gasteiger partial charge on any atom is -0.307 e. The van der Waals surface area contributed by atoms with Crippen LogP contribution in [0.2, 0.25) is 0 Å². The van der Waals surface area contributed by atoms with Crippen molar-refractivity contribution in [2.45, 2.75) is 67.5 Å². The lowest BCUT2D eigenvalue weighted by molar-refractivity contribution is 0.331. The second-order valence-corrected chi connectivity index (χ2v) is 8.50. The van der Waals surface area contributed by atoms with Crippen molar-refractivity contribution in [2.24, 2.45) is 5.92 Å². The molecule has 0 bridgehead atoms. The molecule has 0 saturated heterocycles. The first-order valence-electron chi connectivity index (χ1n) is 7.24. The smallest absolute Gasteiger partial charge is 0.0649 e. The van der Waals surface area contributed by atoms with Gasteiger partial charge in [-0.2, -0.15) is 0 Å². The van der Waals surface area contributed by atoms with Crippen LogP contribution in [-0.4, -0.2) is 11.3 Å². The molecule has 1 nitrogen and oxygen atoms in total. The Bertz CT molecular complexity index is 395. The van der Waals surface area contributed by atoms with E-state index in [4.69, 9.17) is 0 Å². The summed E-state index contributed by atoms with van der Waals surface area (Å²) < 4.78 is 1.55. The van der Waals surface area contributed by atoms with Gasteiger partial charge in [-0.25, -0.2) is 0 Å². The molecule has 1 saturated carbocycles. The molecular formula is C15H23NS2. The molecule has 1 fully saturated rings. The van der Waals surface area contributed by atoms with Gasteiger partial charge in [-0.1, -0.05) is 19.8 Å². The van der Waals surface area contributed by atoms with Gasteiger partial charge in [0.15, 0.2) is 0 Å². The van der Waals surface area contributed by atoms with Crippen molar-refractivity contribution in [2.75, 3.05) is 0 Å². The molecular weight excluding hydrogens is 258 g/mol. The van der Waals surface area contributed by atoms with E-state index >= 15 is 0 Å². The molecule has 0 radical (unpaired) electrons. The molecule has 2 heterocycles. The minimum atomic E-state index is 0.595. The zero-order valence-corrected chi connectivity index (χ0v) is 12.9. The van der Waals surface area contributed by atoms with Gasteiger partial charge in [0.25, 0.3) is 0 Å². The summed E-state index contributed by atoms with van der Waals surface area (Å²) in [5.41, 5.74) is 1.56. The summed E-state index contributed by atoms with van der Waals surface area (Å²) in [6.07, 6.45) is 7.03. The van der Waals surface area contributed by atoms with E-state index in [0.29, 0.717) is 12.1 Å². The fourth-order valence-electron chi connectivity index (χ4n) is 3.42. The van der Waals surface area contributed by atoms with E-state index in [0.717, 1.165) is 11.2 Å². The largest absolute Gasteiger partial charge is 0.307 e. The van der Waals surface area contributed by atoms with Gasteiger partial charge >= 0.3 is 0 Å². The normalized spacial score (nSPS) is 30.3. The van der Waals surface area contributed by atoms with E-state index < -0.39 is 0 Å². The van der Waals surface area contributed by atoms with Crippen LogP contribution in [0.4, 0.5) is 0 Å². The van der Waals surface area contributed by atoms with Crippen LogP contribution < -0.4 is 5.32 Å². The molecule has 3 rings (SSSR count). The summed E-state index contributed by atoms with van der Waals surface area (Å²) >= 11 is 3.98. The van der Waals surface area contributed by atoms with Gasteiger partial charge in [0, 0.05) is 17.3 Å². The number of thioether (sulfide) groups is 1. The molecule has 1 unspecified atom stereocenters. The Labute approximate surface area is 119 Å². The van der Waals surface area contributed by atoms with Crippen LogP contribution >= 0.6 is 23.1 Å². The third-order valence-corrected chi connectivity index (χ3v) is 6.82.